The summed E-state index contributed by atoms with van der Waals surface area (Å²) in [6.45, 7) is 3.43. The summed E-state index contributed by atoms with van der Waals surface area (Å²) in [7, 11) is 0. The molecule has 3 heterocycles. The van der Waals surface area contributed by atoms with Crippen LogP contribution in [0.15, 0.2) is 30.6 Å². The summed E-state index contributed by atoms with van der Waals surface area (Å²) in [5, 5.41) is 0. The maximum Gasteiger partial charge on any atom is 0.224 e. The molecule has 0 aliphatic carbocycles. The van der Waals surface area contributed by atoms with E-state index in [9.17, 15) is 9.18 Å². The molecule has 0 radical (unpaired) electrons. The molecule has 1 fully saturated rings. The van der Waals surface area contributed by atoms with Gasteiger partial charge in [-0.1, -0.05) is 6.92 Å². The number of piperidine rings is 1. The molecule has 1 aliphatic rings. The lowest BCUT2D eigenvalue weighted by atomic mass is 10.0. The maximum absolute atomic E-state index is 13.5. The molecule has 1 saturated heterocycles. The molecule has 0 saturated carbocycles. The molecule has 27 heavy (non-hydrogen) atoms. The summed E-state index contributed by atoms with van der Waals surface area (Å²) in [4.78, 5) is 27.0. The second-order valence-electron chi connectivity index (χ2n) is 7.02. The average molecular weight is 369 g/mol. The van der Waals surface area contributed by atoms with E-state index in [1.165, 1.54) is 12.1 Å². The molecule has 3 aromatic rings. The normalized spacial score (nSPS) is 17.6. The van der Waals surface area contributed by atoms with E-state index in [4.69, 9.17) is 0 Å². The number of rotatable bonds is 5. The van der Waals surface area contributed by atoms with Crippen LogP contribution in [0.25, 0.3) is 11.0 Å². The third-order valence-electron chi connectivity index (χ3n) is 5.29. The van der Waals surface area contributed by atoms with Crippen molar-refractivity contribution in [2.24, 2.45) is 0 Å². The van der Waals surface area contributed by atoms with Crippen LogP contribution in [0, 0.1) is 5.82 Å². The van der Waals surface area contributed by atoms with Gasteiger partial charge in [0.15, 0.2) is 0 Å². The van der Waals surface area contributed by atoms with E-state index < -0.39 is 0 Å². The highest BCUT2D eigenvalue weighted by molar-refractivity contribution is 5.78. The van der Waals surface area contributed by atoms with Crippen LogP contribution < -0.4 is 0 Å². The van der Waals surface area contributed by atoms with E-state index in [1.807, 2.05) is 15.7 Å². The standard InChI is InChI=1S/C20H24FN5O/c1-2-18-22-9-12-25(18)11-8-19(27)26-10-4-3-5-17(26)20-23-15-7-6-14(21)13-16(15)24-20/h6-7,9,12-13,17H,2-5,8,10-11H2,1H3,(H,23,24). The second kappa shape index (κ2) is 7.50. The fourth-order valence-electron chi connectivity index (χ4n) is 3.89. The van der Waals surface area contributed by atoms with Crippen molar-refractivity contribution in [1.29, 1.82) is 0 Å². The Balaban J connectivity index is 1.51. The first-order valence-electron chi connectivity index (χ1n) is 9.60. The van der Waals surface area contributed by atoms with Gasteiger partial charge in [-0.15, -0.1) is 0 Å². The lowest BCUT2D eigenvalue weighted by Gasteiger charge is -2.34. The smallest absolute Gasteiger partial charge is 0.224 e. The molecule has 7 heteroatoms. The number of aryl methyl sites for hydroxylation is 2. The molecule has 0 spiro atoms. The third-order valence-corrected chi connectivity index (χ3v) is 5.29. The SMILES string of the molecule is CCc1nccn1CCC(=O)N1CCCCC1c1nc2ccc(F)cc2[nH]1. The fraction of sp³-hybridized carbons (Fsp3) is 0.450. The summed E-state index contributed by atoms with van der Waals surface area (Å²) < 4.78 is 15.5. The highest BCUT2D eigenvalue weighted by Crippen LogP contribution is 2.31. The largest absolute Gasteiger partial charge is 0.340 e. The van der Waals surface area contributed by atoms with Crippen molar-refractivity contribution < 1.29 is 9.18 Å². The van der Waals surface area contributed by atoms with Gasteiger partial charge in [-0.3, -0.25) is 4.79 Å². The summed E-state index contributed by atoms with van der Waals surface area (Å²) in [6, 6.07) is 4.46. The molecule has 1 amide bonds. The number of H-pyrrole nitrogens is 1. The zero-order valence-electron chi connectivity index (χ0n) is 15.5. The van der Waals surface area contributed by atoms with Crippen molar-refractivity contribution in [3.8, 4) is 0 Å². The number of carbonyl (C=O) groups is 1. The molecule has 2 aromatic heterocycles. The van der Waals surface area contributed by atoms with Crippen molar-refractivity contribution >= 4 is 16.9 Å². The highest BCUT2D eigenvalue weighted by Gasteiger charge is 2.30. The van der Waals surface area contributed by atoms with Crippen molar-refractivity contribution in [2.45, 2.75) is 51.6 Å². The van der Waals surface area contributed by atoms with Crippen LogP contribution in [-0.4, -0.2) is 36.9 Å². The predicted octanol–water partition coefficient (Wildman–Crippen LogP) is 3.60. The molecule has 0 bridgehead atoms. The van der Waals surface area contributed by atoms with Gasteiger partial charge in [0.1, 0.15) is 17.5 Å². The number of hydrogen-bond donors (Lipinski definition) is 1. The Labute approximate surface area is 157 Å². The van der Waals surface area contributed by atoms with E-state index in [0.29, 0.717) is 18.5 Å². The average Bonchev–Trinajstić information content (AvgIpc) is 3.31. The van der Waals surface area contributed by atoms with Gasteiger partial charge in [0.25, 0.3) is 0 Å². The number of aromatic amines is 1. The zero-order valence-corrected chi connectivity index (χ0v) is 15.5. The number of imidazole rings is 2. The molecular formula is C20H24FN5O. The number of nitrogens with one attached hydrogen (secondary N) is 1. The Morgan fingerprint density at radius 1 is 1.37 bits per heavy atom. The van der Waals surface area contributed by atoms with Crippen LogP contribution in [0.4, 0.5) is 4.39 Å². The first kappa shape index (κ1) is 17.7. The molecule has 1 atom stereocenters. The highest BCUT2D eigenvalue weighted by atomic mass is 19.1. The molecular weight excluding hydrogens is 345 g/mol. The molecule has 142 valence electrons. The Hall–Kier alpha value is -2.70. The minimum Gasteiger partial charge on any atom is -0.340 e. The monoisotopic (exact) mass is 369 g/mol. The molecule has 1 N–H and O–H groups in total. The van der Waals surface area contributed by atoms with Crippen LogP contribution in [0.1, 0.15) is 50.3 Å². The van der Waals surface area contributed by atoms with Crippen LogP contribution in [0.3, 0.4) is 0 Å². The first-order valence-corrected chi connectivity index (χ1v) is 9.60. The van der Waals surface area contributed by atoms with Gasteiger partial charge in [-0.2, -0.15) is 0 Å². The first-order chi connectivity index (χ1) is 13.2. The quantitative estimate of drug-likeness (QED) is 0.747. The minimum absolute atomic E-state index is 0.0739. The summed E-state index contributed by atoms with van der Waals surface area (Å²) in [5.41, 5.74) is 1.41. The lowest BCUT2D eigenvalue weighted by Crippen LogP contribution is -2.39. The summed E-state index contributed by atoms with van der Waals surface area (Å²) >= 11 is 0. The Bertz CT molecular complexity index is 947. The third kappa shape index (κ3) is 3.59. The van der Waals surface area contributed by atoms with Gasteiger partial charge >= 0.3 is 0 Å². The maximum atomic E-state index is 13.5. The minimum atomic E-state index is -0.290. The number of amides is 1. The number of nitrogens with zero attached hydrogens (tertiary/aromatic N) is 4. The van der Waals surface area contributed by atoms with Gasteiger partial charge in [-0.25, -0.2) is 14.4 Å². The van der Waals surface area contributed by atoms with E-state index in [0.717, 1.165) is 49.4 Å². The number of halogens is 1. The molecule has 1 aliphatic heterocycles. The van der Waals surface area contributed by atoms with E-state index >= 15 is 0 Å². The molecule has 1 unspecified atom stereocenters. The lowest BCUT2D eigenvalue weighted by molar-refractivity contribution is -0.135. The summed E-state index contributed by atoms with van der Waals surface area (Å²) in [5.74, 6) is 1.58. The van der Waals surface area contributed by atoms with Gasteiger partial charge in [0.2, 0.25) is 5.91 Å². The number of hydrogen-bond acceptors (Lipinski definition) is 3. The molecule has 1 aromatic carbocycles. The number of likely N-dealkylation sites (tertiary alicyclic amines) is 1. The second-order valence-corrected chi connectivity index (χ2v) is 7.02. The van der Waals surface area contributed by atoms with Crippen molar-refractivity contribution in [3.05, 3.63) is 48.1 Å². The summed E-state index contributed by atoms with van der Waals surface area (Å²) in [6.07, 6.45) is 7.93. The van der Waals surface area contributed by atoms with Crippen LogP contribution >= 0.6 is 0 Å². The van der Waals surface area contributed by atoms with Gasteiger partial charge in [0, 0.05) is 38.3 Å². The number of benzene rings is 1. The van der Waals surface area contributed by atoms with Crippen LogP contribution in [-0.2, 0) is 17.8 Å². The number of fused-ring (bicyclic) bond motifs is 1. The Morgan fingerprint density at radius 3 is 3.11 bits per heavy atom. The van der Waals surface area contributed by atoms with E-state index in [-0.39, 0.29) is 17.8 Å². The van der Waals surface area contributed by atoms with Crippen LogP contribution in [0.2, 0.25) is 0 Å². The predicted molar refractivity (Wildman–Crippen MR) is 101 cm³/mol. The van der Waals surface area contributed by atoms with Crippen LogP contribution in [0.5, 0.6) is 0 Å². The number of carbonyl (C=O) groups excluding carboxylic acids is 1. The molecule has 4 rings (SSSR count). The fourth-order valence-corrected chi connectivity index (χ4v) is 3.89. The zero-order chi connectivity index (χ0) is 18.8. The van der Waals surface area contributed by atoms with Crippen molar-refractivity contribution in [1.82, 2.24) is 24.4 Å². The number of aromatic nitrogens is 4. The van der Waals surface area contributed by atoms with Gasteiger partial charge < -0.3 is 14.5 Å². The molecule has 6 nitrogen and oxygen atoms in total. The van der Waals surface area contributed by atoms with E-state index in [2.05, 4.69) is 21.9 Å². The Morgan fingerprint density at radius 2 is 2.26 bits per heavy atom. The van der Waals surface area contributed by atoms with Gasteiger partial charge in [-0.05, 0) is 37.5 Å². The van der Waals surface area contributed by atoms with Gasteiger partial charge in [0.05, 0.1) is 17.1 Å². The topological polar surface area (TPSA) is 66.8 Å². The van der Waals surface area contributed by atoms with Crippen molar-refractivity contribution in [3.63, 3.8) is 0 Å². The Kier molecular flexibility index (Phi) is 4.92. The van der Waals surface area contributed by atoms with E-state index in [1.54, 1.807) is 12.3 Å². The van der Waals surface area contributed by atoms with Crippen molar-refractivity contribution in [2.75, 3.05) is 6.54 Å².